The van der Waals surface area contributed by atoms with E-state index >= 15 is 0 Å². The van der Waals surface area contributed by atoms with Gasteiger partial charge in [0, 0.05) is 11.6 Å². The van der Waals surface area contributed by atoms with Crippen molar-refractivity contribution in [2.75, 3.05) is 0 Å². The number of hydrogen-bond acceptors (Lipinski definition) is 2. The summed E-state index contributed by atoms with van der Waals surface area (Å²) in [6.07, 6.45) is 0. The van der Waals surface area contributed by atoms with Gasteiger partial charge in [0.2, 0.25) is 0 Å². The van der Waals surface area contributed by atoms with E-state index in [0.29, 0.717) is 11.4 Å². The molecule has 5 heteroatoms. The number of carbonyl (C=O) groups is 1. The van der Waals surface area contributed by atoms with Gasteiger partial charge < -0.3 is 5.32 Å². The molecule has 0 aliphatic heterocycles. The molecule has 2 aromatic carbocycles. The molecule has 1 N–H and O–H groups in total. The molecular formula is C19H18FN3O. The Balaban J connectivity index is 2.08. The highest BCUT2D eigenvalue weighted by molar-refractivity contribution is 5.94. The van der Waals surface area contributed by atoms with Gasteiger partial charge in [-0.05, 0) is 56.3 Å². The lowest BCUT2D eigenvalue weighted by atomic mass is 10.1. The van der Waals surface area contributed by atoms with E-state index in [2.05, 4.69) is 10.4 Å². The highest BCUT2D eigenvalue weighted by Gasteiger charge is 2.18. The van der Waals surface area contributed by atoms with Gasteiger partial charge in [0.25, 0.3) is 5.91 Å². The average Bonchev–Trinajstić information content (AvgIpc) is 3.01. The Morgan fingerprint density at radius 1 is 1.08 bits per heavy atom. The van der Waals surface area contributed by atoms with Crippen molar-refractivity contribution in [3.8, 4) is 16.9 Å². The molecule has 0 saturated carbocycles. The van der Waals surface area contributed by atoms with E-state index in [0.717, 1.165) is 11.3 Å². The molecule has 0 atom stereocenters. The zero-order chi connectivity index (χ0) is 17.1. The molecule has 1 heterocycles. The van der Waals surface area contributed by atoms with Gasteiger partial charge in [0.15, 0.2) is 0 Å². The largest absolute Gasteiger partial charge is 0.349 e. The summed E-state index contributed by atoms with van der Waals surface area (Å²) in [7, 11) is 0. The molecule has 3 aromatic rings. The molecule has 0 unspecified atom stereocenters. The first-order valence-corrected chi connectivity index (χ1v) is 7.77. The number of nitrogens with zero attached hydrogens (tertiary/aromatic N) is 2. The number of benzene rings is 2. The van der Waals surface area contributed by atoms with E-state index in [9.17, 15) is 9.18 Å². The summed E-state index contributed by atoms with van der Waals surface area (Å²) < 4.78 is 14.7. The first-order valence-electron chi connectivity index (χ1n) is 7.77. The molecule has 0 saturated heterocycles. The Morgan fingerprint density at radius 3 is 2.38 bits per heavy atom. The van der Waals surface area contributed by atoms with Crippen LogP contribution in [0, 0.1) is 5.82 Å². The Kier molecular flexibility index (Phi) is 4.42. The lowest BCUT2D eigenvalue weighted by Crippen LogP contribution is -2.31. The van der Waals surface area contributed by atoms with Crippen molar-refractivity contribution < 1.29 is 9.18 Å². The van der Waals surface area contributed by atoms with Crippen molar-refractivity contribution in [2.45, 2.75) is 19.9 Å². The minimum Gasteiger partial charge on any atom is -0.349 e. The van der Waals surface area contributed by atoms with Gasteiger partial charge in [0.05, 0.1) is 11.4 Å². The number of aromatic nitrogens is 2. The Labute approximate surface area is 139 Å². The second-order valence-corrected chi connectivity index (χ2v) is 5.80. The van der Waals surface area contributed by atoms with E-state index in [1.807, 2.05) is 44.2 Å². The number of amides is 1. The van der Waals surface area contributed by atoms with Crippen LogP contribution in [0.4, 0.5) is 4.39 Å². The minimum absolute atomic E-state index is 0.0193. The van der Waals surface area contributed by atoms with Crippen molar-refractivity contribution in [2.24, 2.45) is 0 Å². The average molecular weight is 323 g/mol. The molecule has 24 heavy (non-hydrogen) atoms. The third kappa shape index (κ3) is 3.35. The van der Waals surface area contributed by atoms with Crippen LogP contribution in [-0.4, -0.2) is 21.7 Å². The highest BCUT2D eigenvalue weighted by atomic mass is 19.1. The van der Waals surface area contributed by atoms with Crippen molar-refractivity contribution >= 4 is 5.91 Å². The summed E-state index contributed by atoms with van der Waals surface area (Å²) in [5, 5.41) is 7.43. The summed E-state index contributed by atoms with van der Waals surface area (Å²) in [5.74, 6) is -0.506. The normalized spacial score (nSPS) is 10.8. The van der Waals surface area contributed by atoms with Gasteiger partial charge in [-0.2, -0.15) is 5.10 Å². The molecule has 122 valence electrons. The number of halogens is 1. The lowest BCUT2D eigenvalue weighted by molar-refractivity contribution is 0.0935. The zero-order valence-electron chi connectivity index (χ0n) is 13.5. The second kappa shape index (κ2) is 6.66. The van der Waals surface area contributed by atoms with Crippen LogP contribution in [-0.2, 0) is 0 Å². The minimum atomic E-state index is -0.306. The SMILES string of the molecule is CC(C)NC(=O)c1cc(-c2ccc(F)cc2)nn1-c1ccccc1. The fraction of sp³-hybridized carbons (Fsp3) is 0.158. The first-order chi connectivity index (χ1) is 11.5. The zero-order valence-corrected chi connectivity index (χ0v) is 13.5. The number of nitrogens with one attached hydrogen (secondary N) is 1. The van der Waals surface area contributed by atoms with E-state index in [4.69, 9.17) is 0 Å². The van der Waals surface area contributed by atoms with Crippen molar-refractivity contribution in [1.29, 1.82) is 0 Å². The maximum atomic E-state index is 13.1. The van der Waals surface area contributed by atoms with Crippen LogP contribution in [0.15, 0.2) is 60.7 Å². The summed E-state index contributed by atoms with van der Waals surface area (Å²) in [5.41, 5.74) is 2.60. The molecule has 1 amide bonds. The molecule has 0 fully saturated rings. The lowest BCUT2D eigenvalue weighted by Gasteiger charge is -2.10. The molecular weight excluding hydrogens is 305 g/mol. The third-order valence-electron chi connectivity index (χ3n) is 3.50. The van der Waals surface area contributed by atoms with Crippen molar-refractivity contribution in [3.63, 3.8) is 0 Å². The topological polar surface area (TPSA) is 46.9 Å². The maximum absolute atomic E-state index is 13.1. The monoisotopic (exact) mass is 323 g/mol. The van der Waals surface area contributed by atoms with Gasteiger partial charge in [-0.15, -0.1) is 0 Å². The number of carbonyl (C=O) groups excluding carboxylic acids is 1. The number of hydrogen-bond donors (Lipinski definition) is 1. The molecule has 3 rings (SSSR count). The van der Waals surface area contributed by atoms with Gasteiger partial charge in [-0.25, -0.2) is 9.07 Å². The molecule has 0 aliphatic carbocycles. The number of rotatable bonds is 4. The van der Waals surface area contributed by atoms with Crippen molar-refractivity contribution in [3.05, 3.63) is 72.2 Å². The molecule has 1 aromatic heterocycles. The molecule has 0 spiro atoms. The van der Waals surface area contributed by atoms with E-state index in [1.165, 1.54) is 12.1 Å². The number of para-hydroxylation sites is 1. The summed E-state index contributed by atoms with van der Waals surface area (Å²) in [4.78, 5) is 12.5. The van der Waals surface area contributed by atoms with Gasteiger partial charge in [-0.1, -0.05) is 18.2 Å². The van der Waals surface area contributed by atoms with Gasteiger partial charge in [-0.3, -0.25) is 4.79 Å². The van der Waals surface area contributed by atoms with E-state index < -0.39 is 0 Å². The quantitative estimate of drug-likeness (QED) is 0.793. The predicted molar refractivity (Wildman–Crippen MR) is 91.6 cm³/mol. The third-order valence-corrected chi connectivity index (χ3v) is 3.50. The first kappa shape index (κ1) is 15.9. The van der Waals surface area contributed by atoms with Crippen LogP contribution in [0.2, 0.25) is 0 Å². The fourth-order valence-corrected chi connectivity index (χ4v) is 2.41. The van der Waals surface area contributed by atoms with Gasteiger partial charge >= 0.3 is 0 Å². The van der Waals surface area contributed by atoms with Gasteiger partial charge in [0.1, 0.15) is 11.5 Å². The Bertz CT molecular complexity index is 839. The second-order valence-electron chi connectivity index (χ2n) is 5.80. The smallest absolute Gasteiger partial charge is 0.270 e. The molecule has 0 radical (unpaired) electrons. The summed E-state index contributed by atoms with van der Waals surface area (Å²) >= 11 is 0. The summed E-state index contributed by atoms with van der Waals surface area (Å²) in [6, 6.07) is 17.2. The molecule has 4 nitrogen and oxygen atoms in total. The van der Waals surface area contributed by atoms with E-state index in [1.54, 1.807) is 22.9 Å². The highest BCUT2D eigenvalue weighted by Crippen LogP contribution is 2.22. The molecule has 0 bridgehead atoms. The Morgan fingerprint density at radius 2 is 1.75 bits per heavy atom. The van der Waals surface area contributed by atoms with Crippen molar-refractivity contribution in [1.82, 2.24) is 15.1 Å². The predicted octanol–water partition coefficient (Wildman–Crippen LogP) is 3.82. The van der Waals surface area contributed by atoms with Crippen LogP contribution < -0.4 is 5.32 Å². The standard InChI is InChI=1S/C19H18FN3O/c1-13(2)21-19(24)18-12-17(14-8-10-15(20)11-9-14)22-23(18)16-6-4-3-5-7-16/h3-13H,1-2H3,(H,21,24). The van der Waals surface area contributed by atoms with Crippen LogP contribution in [0.3, 0.4) is 0 Å². The molecule has 0 aliphatic rings. The fourth-order valence-electron chi connectivity index (χ4n) is 2.41. The Hall–Kier alpha value is -2.95. The summed E-state index contributed by atoms with van der Waals surface area (Å²) in [6.45, 7) is 3.81. The van der Waals surface area contributed by atoms with Crippen LogP contribution in [0.25, 0.3) is 16.9 Å². The van der Waals surface area contributed by atoms with Crippen LogP contribution >= 0.6 is 0 Å². The maximum Gasteiger partial charge on any atom is 0.270 e. The van der Waals surface area contributed by atoms with Crippen LogP contribution in [0.1, 0.15) is 24.3 Å². The van der Waals surface area contributed by atoms with Crippen LogP contribution in [0.5, 0.6) is 0 Å². The van der Waals surface area contributed by atoms with E-state index in [-0.39, 0.29) is 17.8 Å².